The highest BCUT2D eigenvalue weighted by Gasteiger charge is 2.21. The van der Waals surface area contributed by atoms with Crippen LogP contribution < -0.4 is 4.90 Å². The van der Waals surface area contributed by atoms with Crippen molar-refractivity contribution in [1.82, 2.24) is 9.88 Å². The minimum absolute atomic E-state index is 0.0252. The fourth-order valence-electron chi connectivity index (χ4n) is 4.90. The van der Waals surface area contributed by atoms with E-state index in [2.05, 4.69) is 22.0 Å². The zero-order chi connectivity index (χ0) is 25.8. The molecule has 0 atom stereocenters. The Hall–Kier alpha value is -4.10. The van der Waals surface area contributed by atoms with Crippen LogP contribution in [-0.4, -0.2) is 54.0 Å². The monoisotopic (exact) mass is 496 g/mol. The average Bonchev–Trinajstić information content (AvgIpc) is 3.27. The molecule has 1 aliphatic heterocycles. The first kappa shape index (κ1) is 24.6. The summed E-state index contributed by atoms with van der Waals surface area (Å²) < 4.78 is 4.87. The van der Waals surface area contributed by atoms with Gasteiger partial charge < -0.3 is 14.8 Å². The minimum Gasteiger partial charge on any atom is -0.494 e. The van der Waals surface area contributed by atoms with Crippen molar-refractivity contribution in [3.05, 3.63) is 89.5 Å². The molecule has 0 unspecified atom stereocenters. The number of nitrogens with one attached hydrogen (secondary N) is 1. The maximum absolute atomic E-state index is 12.1. The number of piperidine rings is 1. The normalized spacial score (nSPS) is 14.6. The van der Waals surface area contributed by atoms with Gasteiger partial charge in [-0.2, -0.15) is 0 Å². The Bertz CT molecular complexity index is 1400. The molecule has 0 saturated carbocycles. The summed E-state index contributed by atoms with van der Waals surface area (Å²) in [6.45, 7) is 3.27. The van der Waals surface area contributed by atoms with Crippen LogP contribution in [0.4, 0.5) is 16.2 Å². The van der Waals surface area contributed by atoms with Gasteiger partial charge in [0.2, 0.25) is 0 Å². The smallest absolute Gasteiger partial charge is 0.413 e. The quantitative estimate of drug-likeness (QED) is 0.310. The number of aromatic amines is 1. The third-order valence-corrected chi connectivity index (χ3v) is 6.91. The SMILES string of the molecule is COC(=O)N(C)c1ccc2[nH]c(O)c(C(=Nc3ccc(CN4CCCCC4)cc3)c3ccccc3)c2c1. The van der Waals surface area contributed by atoms with Gasteiger partial charge in [-0.15, -0.1) is 0 Å². The van der Waals surface area contributed by atoms with E-state index in [1.807, 2.05) is 54.6 Å². The van der Waals surface area contributed by atoms with Crippen LogP contribution in [0.5, 0.6) is 5.88 Å². The predicted octanol–water partition coefficient (Wildman–Crippen LogP) is 6.23. The Morgan fingerprint density at radius 1 is 1.03 bits per heavy atom. The average molecular weight is 497 g/mol. The summed E-state index contributed by atoms with van der Waals surface area (Å²) in [7, 11) is 3.00. The number of aromatic nitrogens is 1. The van der Waals surface area contributed by atoms with E-state index < -0.39 is 6.09 Å². The Kier molecular flexibility index (Phi) is 7.23. The third-order valence-electron chi connectivity index (χ3n) is 6.91. The van der Waals surface area contributed by atoms with E-state index in [0.29, 0.717) is 17.0 Å². The lowest BCUT2D eigenvalue weighted by atomic mass is 10.0. The number of rotatable bonds is 6. The number of hydrogen-bond acceptors (Lipinski definition) is 5. The van der Waals surface area contributed by atoms with Crippen molar-refractivity contribution in [1.29, 1.82) is 0 Å². The number of amides is 1. The maximum atomic E-state index is 12.1. The van der Waals surface area contributed by atoms with Crippen LogP contribution in [0.2, 0.25) is 0 Å². The summed E-state index contributed by atoms with van der Waals surface area (Å²) in [5.41, 5.74) is 5.57. The Morgan fingerprint density at radius 3 is 2.46 bits per heavy atom. The molecule has 1 aliphatic rings. The van der Waals surface area contributed by atoms with Crippen LogP contribution in [0.1, 0.15) is 36.0 Å². The summed E-state index contributed by atoms with van der Waals surface area (Å²) in [6, 6.07) is 23.7. The van der Waals surface area contributed by atoms with Crippen LogP contribution in [-0.2, 0) is 11.3 Å². The molecule has 7 nitrogen and oxygen atoms in total. The fourth-order valence-corrected chi connectivity index (χ4v) is 4.90. The first-order valence-electron chi connectivity index (χ1n) is 12.7. The highest BCUT2D eigenvalue weighted by atomic mass is 16.5. The summed E-state index contributed by atoms with van der Waals surface area (Å²) in [5.74, 6) is 0.0252. The molecule has 7 heteroatoms. The molecule has 1 aromatic heterocycles. The molecule has 5 rings (SSSR count). The second-order valence-electron chi connectivity index (χ2n) is 9.44. The Labute approximate surface area is 217 Å². The highest BCUT2D eigenvalue weighted by Crippen LogP contribution is 2.34. The van der Waals surface area contributed by atoms with Crippen molar-refractivity contribution in [2.45, 2.75) is 25.8 Å². The zero-order valence-electron chi connectivity index (χ0n) is 21.3. The summed E-state index contributed by atoms with van der Waals surface area (Å²) in [5, 5.41) is 11.8. The van der Waals surface area contributed by atoms with E-state index in [9.17, 15) is 9.90 Å². The van der Waals surface area contributed by atoms with Crippen molar-refractivity contribution in [2.75, 3.05) is 32.1 Å². The van der Waals surface area contributed by atoms with Gasteiger partial charge >= 0.3 is 6.09 Å². The van der Waals surface area contributed by atoms with E-state index in [-0.39, 0.29) is 5.88 Å². The van der Waals surface area contributed by atoms with Gasteiger partial charge in [0.05, 0.1) is 24.1 Å². The molecule has 1 fully saturated rings. The lowest BCUT2D eigenvalue weighted by Crippen LogP contribution is -2.28. The summed E-state index contributed by atoms with van der Waals surface area (Å²) >= 11 is 0. The largest absolute Gasteiger partial charge is 0.494 e. The number of aromatic hydroxyl groups is 1. The molecule has 0 aliphatic carbocycles. The first-order chi connectivity index (χ1) is 18.0. The van der Waals surface area contributed by atoms with Gasteiger partial charge in [0, 0.05) is 35.7 Å². The molecule has 2 N–H and O–H groups in total. The molecule has 3 aromatic carbocycles. The van der Waals surface area contributed by atoms with E-state index in [4.69, 9.17) is 9.73 Å². The number of aliphatic imine (C=N–C) groups is 1. The number of methoxy groups -OCH3 is 1. The molecule has 0 radical (unpaired) electrons. The summed E-state index contributed by atoms with van der Waals surface area (Å²) in [4.78, 5) is 24.1. The first-order valence-corrected chi connectivity index (χ1v) is 12.7. The third kappa shape index (κ3) is 5.37. The second kappa shape index (κ2) is 10.9. The van der Waals surface area contributed by atoms with Gasteiger partial charge in [0.15, 0.2) is 5.88 Å². The van der Waals surface area contributed by atoms with Crippen molar-refractivity contribution < 1.29 is 14.6 Å². The number of hydrogen-bond donors (Lipinski definition) is 2. The van der Waals surface area contributed by atoms with Crippen molar-refractivity contribution >= 4 is 34.1 Å². The van der Waals surface area contributed by atoms with E-state index >= 15 is 0 Å². The minimum atomic E-state index is -0.470. The van der Waals surface area contributed by atoms with E-state index in [0.717, 1.165) is 41.8 Å². The van der Waals surface area contributed by atoms with Crippen LogP contribution in [0.15, 0.2) is 77.8 Å². The van der Waals surface area contributed by atoms with Crippen LogP contribution >= 0.6 is 0 Å². The Balaban J connectivity index is 1.55. The number of H-pyrrole nitrogens is 1. The van der Waals surface area contributed by atoms with Gasteiger partial charge in [-0.25, -0.2) is 9.79 Å². The van der Waals surface area contributed by atoms with Gasteiger partial charge in [0.25, 0.3) is 0 Å². The number of nitrogens with zero attached hydrogens (tertiary/aromatic N) is 3. The molecular formula is C30H32N4O3. The lowest BCUT2D eigenvalue weighted by Gasteiger charge is -2.26. The van der Waals surface area contributed by atoms with E-state index in [1.165, 1.54) is 36.8 Å². The number of carbonyl (C=O) groups is 1. The maximum Gasteiger partial charge on any atom is 0.413 e. The molecule has 0 spiro atoms. The molecule has 190 valence electrons. The topological polar surface area (TPSA) is 81.2 Å². The standard InChI is InChI=1S/C30H32N4O3/c1-33(30(36)37-2)24-15-16-26-25(19-24)27(29(35)32-26)28(22-9-5-3-6-10-22)31-23-13-11-21(12-14-23)20-34-17-7-4-8-18-34/h3,5-6,9-16,19,32,35H,4,7-8,17-18,20H2,1-2H3. The lowest BCUT2D eigenvalue weighted by molar-refractivity contribution is 0.180. The molecular weight excluding hydrogens is 464 g/mol. The number of ether oxygens (including phenoxy) is 1. The molecule has 0 bridgehead atoms. The molecule has 1 saturated heterocycles. The molecule has 37 heavy (non-hydrogen) atoms. The second-order valence-corrected chi connectivity index (χ2v) is 9.44. The summed E-state index contributed by atoms with van der Waals surface area (Å²) in [6.07, 6.45) is 3.40. The van der Waals surface area contributed by atoms with Crippen LogP contribution in [0, 0.1) is 0 Å². The van der Waals surface area contributed by atoms with Crippen LogP contribution in [0.25, 0.3) is 10.9 Å². The van der Waals surface area contributed by atoms with Gasteiger partial charge in [0.1, 0.15) is 0 Å². The number of likely N-dealkylation sites (tertiary alicyclic amines) is 1. The van der Waals surface area contributed by atoms with Crippen molar-refractivity contribution in [3.63, 3.8) is 0 Å². The fraction of sp³-hybridized carbons (Fsp3) is 0.267. The van der Waals surface area contributed by atoms with Crippen molar-refractivity contribution in [2.24, 2.45) is 4.99 Å². The Morgan fingerprint density at radius 2 is 1.76 bits per heavy atom. The van der Waals surface area contributed by atoms with Gasteiger partial charge in [-0.05, 0) is 61.8 Å². The number of benzene rings is 3. The zero-order valence-corrected chi connectivity index (χ0v) is 21.3. The number of fused-ring (bicyclic) bond motifs is 1. The predicted molar refractivity (Wildman–Crippen MR) is 148 cm³/mol. The number of carbonyl (C=O) groups excluding carboxylic acids is 1. The molecule has 1 amide bonds. The molecule has 2 heterocycles. The van der Waals surface area contributed by atoms with E-state index in [1.54, 1.807) is 13.1 Å². The van der Waals surface area contributed by atoms with Gasteiger partial charge in [-0.1, -0.05) is 48.9 Å². The highest BCUT2D eigenvalue weighted by molar-refractivity contribution is 6.22. The molecule has 4 aromatic rings. The number of anilines is 1. The van der Waals surface area contributed by atoms with Gasteiger partial charge in [-0.3, -0.25) is 9.80 Å². The van der Waals surface area contributed by atoms with Crippen molar-refractivity contribution in [3.8, 4) is 5.88 Å². The van der Waals surface area contributed by atoms with Crippen LogP contribution in [0.3, 0.4) is 0 Å².